The van der Waals surface area contributed by atoms with Crippen molar-refractivity contribution in [2.24, 2.45) is 0 Å². The number of nitrogens with zero attached hydrogens (tertiary/aromatic N) is 4. The molecule has 1 aliphatic rings. The van der Waals surface area contributed by atoms with Crippen LogP contribution in [0.5, 0.6) is 0 Å². The monoisotopic (exact) mass is 295 g/mol. The summed E-state index contributed by atoms with van der Waals surface area (Å²) in [4.78, 5) is 20.5. The first-order chi connectivity index (χ1) is 10.1. The summed E-state index contributed by atoms with van der Waals surface area (Å²) < 4.78 is 8.44. The minimum atomic E-state index is -0.772. The largest absolute Gasteiger partial charge is 0.394 e. The number of rotatable bonds is 3. The van der Waals surface area contributed by atoms with Crippen molar-refractivity contribution in [1.82, 2.24) is 19.1 Å². The smallest absolute Gasteiger partial charge is 0.283 e. The third-order valence-electron chi connectivity index (χ3n) is 3.72. The summed E-state index contributed by atoms with van der Waals surface area (Å²) in [6.07, 6.45) is -0.234. The molecule has 0 spiro atoms. The van der Waals surface area contributed by atoms with Crippen molar-refractivity contribution in [3.63, 3.8) is 0 Å². The Morgan fingerprint density at radius 1 is 1.57 bits per heavy atom. The number of fused-ring (bicyclic) bond motifs is 1. The standard InChI is InChI=1S/C12H17N5O4/c1-2-16-11(20)9-10(15-12(16)13)17(5-14-9)8-3-6(19)7(4-18)21-8/h5-8,18-19H,2-4H2,1H3,(H2,13,15)/t6-,7+,8+/m0/s1. The summed E-state index contributed by atoms with van der Waals surface area (Å²) in [6, 6.07) is 0. The summed E-state index contributed by atoms with van der Waals surface area (Å²) in [5.41, 5.74) is 6.00. The molecule has 0 bridgehead atoms. The molecule has 2 aromatic heterocycles. The fourth-order valence-corrected chi connectivity index (χ4v) is 2.58. The van der Waals surface area contributed by atoms with Crippen molar-refractivity contribution in [3.8, 4) is 0 Å². The van der Waals surface area contributed by atoms with Gasteiger partial charge in [0.1, 0.15) is 12.3 Å². The van der Waals surface area contributed by atoms with E-state index >= 15 is 0 Å². The lowest BCUT2D eigenvalue weighted by atomic mass is 10.2. The van der Waals surface area contributed by atoms with Gasteiger partial charge in [0.05, 0.1) is 19.0 Å². The normalized spacial score (nSPS) is 25.8. The lowest BCUT2D eigenvalue weighted by Crippen LogP contribution is -2.25. The Labute approximate surface area is 119 Å². The zero-order valence-corrected chi connectivity index (χ0v) is 11.5. The minimum absolute atomic E-state index is 0.106. The zero-order chi connectivity index (χ0) is 15.1. The number of aliphatic hydroxyl groups is 2. The third-order valence-corrected chi connectivity index (χ3v) is 3.72. The van der Waals surface area contributed by atoms with Crippen LogP contribution in [-0.4, -0.2) is 48.1 Å². The van der Waals surface area contributed by atoms with E-state index in [2.05, 4.69) is 9.97 Å². The van der Waals surface area contributed by atoms with Gasteiger partial charge in [-0.05, 0) is 6.92 Å². The molecule has 1 fully saturated rings. The van der Waals surface area contributed by atoms with Gasteiger partial charge in [0.25, 0.3) is 5.56 Å². The van der Waals surface area contributed by atoms with Gasteiger partial charge in [0, 0.05) is 13.0 Å². The van der Waals surface area contributed by atoms with Gasteiger partial charge in [-0.1, -0.05) is 0 Å². The SMILES string of the molecule is CCn1c(N)nc2c(ncn2[C@H]2C[C@H](O)[C@@H](CO)O2)c1=O. The van der Waals surface area contributed by atoms with Gasteiger partial charge < -0.3 is 20.7 Å². The van der Waals surface area contributed by atoms with Crippen molar-refractivity contribution in [1.29, 1.82) is 0 Å². The van der Waals surface area contributed by atoms with E-state index in [9.17, 15) is 9.90 Å². The third kappa shape index (κ3) is 2.09. The highest BCUT2D eigenvalue weighted by Gasteiger charge is 2.35. The second-order valence-electron chi connectivity index (χ2n) is 4.96. The molecule has 1 saturated heterocycles. The Morgan fingerprint density at radius 2 is 2.33 bits per heavy atom. The fraction of sp³-hybridized carbons (Fsp3) is 0.583. The van der Waals surface area contributed by atoms with Crippen LogP contribution >= 0.6 is 0 Å². The first-order valence-electron chi connectivity index (χ1n) is 6.74. The Hall–Kier alpha value is -1.97. The Morgan fingerprint density at radius 3 is 2.95 bits per heavy atom. The number of ether oxygens (including phenoxy) is 1. The number of hydrogen-bond acceptors (Lipinski definition) is 7. The van der Waals surface area contributed by atoms with Crippen LogP contribution in [0.15, 0.2) is 11.1 Å². The first kappa shape index (κ1) is 14.0. The molecule has 9 heteroatoms. The van der Waals surface area contributed by atoms with Crippen LogP contribution in [0.25, 0.3) is 11.2 Å². The van der Waals surface area contributed by atoms with Crippen LogP contribution in [0, 0.1) is 0 Å². The molecule has 3 atom stereocenters. The molecule has 0 saturated carbocycles. The highest BCUT2D eigenvalue weighted by Crippen LogP contribution is 2.30. The molecule has 4 N–H and O–H groups in total. The maximum atomic E-state index is 12.2. The number of nitrogen functional groups attached to an aromatic ring is 1. The van der Waals surface area contributed by atoms with Crippen molar-refractivity contribution >= 4 is 17.1 Å². The second kappa shape index (κ2) is 5.10. The number of anilines is 1. The van der Waals surface area contributed by atoms with Gasteiger partial charge in [0.2, 0.25) is 5.95 Å². The van der Waals surface area contributed by atoms with Crippen molar-refractivity contribution in [3.05, 3.63) is 16.7 Å². The number of aliphatic hydroxyl groups excluding tert-OH is 2. The summed E-state index contributed by atoms with van der Waals surface area (Å²) in [7, 11) is 0. The van der Waals surface area contributed by atoms with E-state index < -0.39 is 18.4 Å². The molecule has 21 heavy (non-hydrogen) atoms. The molecule has 0 radical (unpaired) electrons. The first-order valence-corrected chi connectivity index (χ1v) is 6.74. The van der Waals surface area contributed by atoms with Gasteiger partial charge in [0.15, 0.2) is 11.2 Å². The van der Waals surface area contributed by atoms with E-state index in [4.69, 9.17) is 15.6 Å². The molecule has 0 aliphatic carbocycles. The van der Waals surface area contributed by atoms with Gasteiger partial charge in [-0.25, -0.2) is 4.98 Å². The van der Waals surface area contributed by atoms with E-state index in [1.54, 1.807) is 11.5 Å². The average molecular weight is 295 g/mol. The molecular weight excluding hydrogens is 278 g/mol. The molecule has 3 rings (SSSR count). The predicted molar refractivity (Wildman–Crippen MR) is 73.5 cm³/mol. The Kier molecular flexibility index (Phi) is 3.40. The average Bonchev–Trinajstić information content (AvgIpc) is 3.02. The van der Waals surface area contributed by atoms with Gasteiger partial charge in [-0.15, -0.1) is 0 Å². The number of aromatic nitrogens is 4. The molecule has 114 valence electrons. The molecule has 1 aliphatic heterocycles. The van der Waals surface area contributed by atoms with E-state index in [0.29, 0.717) is 12.2 Å². The van der Waals surface area contributed by atoms with Crippen LogP contribution < -0.4 is 11.3 Å². The van der Waals surface area contributed by atoms with Gasteiger partial charge in [-0.2, -0.15) is 4.98 Å². The van der Waals surface area contributed by atoms with Crippen LogP contribution in [0.3, 0.4) is 0 Å². The van der Waals surface area contributed by atoms with Crippen LogP contribution in [0.2, 0.25) is 0 Å². The number of imidazole rings is 1. The summed E-state index contributed by atoms with van der Waals surface area (Å²) >= 11 is 0. The van der Waals surface area contributed by atoms with Gasteiger partial charge >= 0.3 is 0 Å². The van der Waals surface area contributed by atoms with E-state index in [-0.39, 0.29) is 30.1 Å². The van der Waals surface area contributed by atoms with Crippen LogP contribution in [0.4, 0.5) is 5.95 Å². The fourth-order valence-electron chi connectivity index (χ4n) is 2.58. The minimum Gasteiger partial charge on any atom is -0.394 e. The number of nitrogens with two attached hydrogens (primary N) is 1. The van der Waals surface area contributed by atoms with E-state index in [1.165, 1.54) is 10.9 Å². The highest BCUT2D eigenvalue weighted by molar-refractivity contribution is 5.71. The maximum absolute atomic E-state index is 12.2. The van der Waals surface area contributed by atoms with Gasteiger partial charge in [-0.3, -0.25) is 13.9 Å². The molecule has 0 amide bonds. The highest BCUT2D eigenvalue weighted by atomic mass is 16.5. The summed E-state index contributed by atoms with van der Waals surface area (Å²) in [5, 5.41) is 18.9. The second-order valence-corrected chi connectivity index (χ2v) is 4.96. The zero-order valence-electron chi connectivity index (χ0n) is 11.5. The van der Waals surface area contributed by atoms with Crippen molar-refractivity contribution in [2.45, 2.75) is 38.3 Å². The predicted octanol–water partition coefficient (Wildman–Crippen LogP) is -1.16. The molecule has 3 heterocycles. The van der Waals surface area contributed by atoms with Crippen molar-refractivity contribution < 1.29 is 14.9 Å². The Balaban J connectivity index is 2.08. The molecule has 2 aromatic rings. The molecule has 0 unspecified atom stereocenters. The molecule has 9 nitrogen and oxygen atoms in total. The van der Waals surface area contributed by atoms with Crippen LogP contribution in [0.1, 0.15) is 19.6 Å². The van der Waals surface area contributed by atoms with E-state index in [1.807, 2.05) is 0 Å². The topological polar surface area (TPSA) is 128 Å². The summed E-state index contributed by atoms with van der Waals surface area (Å²) in [5.74, 6) is 0.106. The Bertz CT molecular complexity index is 724. The quantitative estimate of drug-likeness (QED) is 0.651. The molecule has 0 aromatic carbocycles. The summed E-state index contributed by atoms with van der Waals surface area (Å²) in [6.45, 7) is 1.93. The van der Waals surface area contributed by atoms with Crippen molar-refractivity contribution in [2.75, 3.05) is 12.3 Å². The van der Waals surface area contributed by atoms with E-state index in [0.717, 1.165) is 0 Å². The maximum Gasteiger partial charge on any atom is 0.283 e. The molecular formula is C12H17N5O4. The number of hydrogen-bond donors (Lipinski definition) is 3. The van der Waals surface area contributed by atoms with Crippen LogP contribution in [-0.2, 0) is 11.3 Å². The lowest BCUT2D eigenvalue weighted by molar-refractivity contribution is -0.0432. The lowest BCUT2D eigenvalue weighted by Gasteiger charge is -2.14.